The van der Waals surface area contributed by atoms with E-state index in [4.69, 9.17) is 9.31 Å². The molecule has 4 nitrogen and oxygen atoms in total. The highest BCUT2D eigenvalue weighted by molar-refractivity contribution is 6.65. The smallest absolute Gasteiger partial charge is 0.399 e. The van der Waals surface area contributed by atoms with Crippen LogP contribution >= 0.6 is 0 Å². The van der Waals surface area contributed by atoms with Crippen LogP contribution in [0.4, 0.5) is 0 Å². The molecule has 140 valence electrons. The molecule has 2 aromatic carbocycles. The highest BCUT2D eigenvalue weighted by Gasteiger charge is 2.52. The Hall–Kier alpha value is -2.63. The molecule has 1 saturated heterocycles. The SMILES string of the molecule is CC1(C)OB(c2cccc3c4ccccc4n(-c4cccnc4)c23)OC1(C)C. The lowest BCUT2D eigenvalue weighted by Gasteiger charge is -2.32. The fourth-order valence-corrected chi connectivity index (χ4v) is 3.96. The van der Waals surface area contributed by atoms with Crippen LogP contribution in [0.15, 0.2) is 67.0 Å². The number of rotatable bonds is 2. The molecule has 0 unspecified atom stereocenters. The fraction of sp³-hybridized carbons (Fsp3) is 0.261. The summed E-state index contributed by atoms with van der Waals surface area (Å²) in [5.74, 6) is 0. The van der Waals surface area contributed by atoms with Gasteiger partial charge < -0.3 is 13.9 Å². The summed E-state index contributed by atoms with van der Waals surface area (Å²) in [6.45, 7) is 8.35. The molecular formula is C23H23BN2O2. The van der Waals surface area contributed by atoms with Crippen molar-refractivity contribution in [3.05, 3.63) is 67.0 Å². The van der Waals surface area contributed by atoms with Gasteiger partial charge in [0.25, 0.3) is 0 Å². The molecule has 0 saturated carbocycles. The van der Waals surface area contributed by atoms with Gasteiger partial charge in [-0.25, -0.2) is 0 Å². The van der Waals surface area contributed by atoms with Crippen molar-refractivity contribution >= 4 is 34.4 Å². The summed E-state index contributed by atoms with van der Waals surface area (Å²) in [6.07, 6.45) is 3.69. The second kappa shape index (κ2) is 5.93. The van der Waals surface area contributed by atoms with Crippen LogP contribution in [0.5, 0.6) is 0 Å². The third kappa shape index (κ3) is 2.43. The van der Waals surface area contributed by atoms with Gasteiger partial charge in [-0.05, 0) is 45.9 Å². The molecule has 28 heavy (non-hydrogen) atoms. The summed E-state index contributed by atoms with van der Waals surface area (Å²) in [4.78, 5) is 4.34. The lowest BCUT2D eigenvalue weighted by molar-refractivity contribution is 0.00578. The predicted molar refractivity (Wildman–Crippen MR) is 114 cm³/mol. The Kier molecular flexibility index (Phi) is 3.70. The summed E-state index contributed by atoms with van der Waals surface area (Å²) in [5, 5.41) is 2.39. The normalized spacial score (nSPS) is 18.2. The van der Waals surface area contributed by atoms with E-state index in [1.54, 1.807) is 6.20 Å². The summed E-state index contributed by atoms with van der Waals surface area (Å²) in [5.41, 5.74) is 3.55. The average Bonchev–Trinajstić information content (AvgIpc) is 3.13. The Balaban J connectivity index is 1.83. The molecule has 0 atom stereocenters. The third-order valence-corrected chi connectivity index (χ3v) is 6.14. The zero-order valence-corrected chi connectivity index (χ0v) is 16.6. The zero-order valence-electron chi connectivity index (χ0n) is 16.6. The Morgan fingerprint density at radius 2 is 1.54 bits per heavy atom. The van der Waals surface area contributed by atoms with E-state index < -0.39 is 7.12 Å². The Morgan fingerprint density at radius 1 is 0.821 bits per heavy atom. The van der Waals surface area contributed by atoms with Crippen molar-refractivity contribution in [2.75, 3.05) is 0 Å². The monoisotopic (exact) mass is 370 g/mol. The Bertz CT molecular complexity index is 1170. The topological polar surface area (TPSA) is 36.3 Å². The number of benzene rings is 2. The molecule has 5 rings (SSSR count). The standard InChI is InChI=1S/C23H23BN2O2/c1-22(2)23(3,4)28-24(27-22)19-12-7-11-18-17-10-5-6-13-20(17)26(21(18)19)16-9-8-14-25-15-16/h5-15H,1-4H3. The van der Waals surface area contributed by atoms with E-state index in [0.29, 0.717) is 0 Å². The third-order valence-electron chi connectivity index (χ3n) is 6.14. The number of hydrogen-bond acceptors (Lipinski definition) is 3. The predicted octanol–water partition coefficient (Wildman–Crippen LogP) is 4.48. The van der Waals surface area contributed by atoms with Crippen LogP contribution in [0.3, 0.4) is 0 Å². The largest absolute Gasteiger partial charge is 0.497 e. The van der Waals surface area contributed by atoms with E-state index in [1.807, 2.05) is 12.3 Å². The quantitative estimate of drug-likeness (QED) is 0.488. The minimum atomic E-state index is -0.423. The summed E-state index contributed by atoms with van der Waals surface area (Å²) < 4.78 is 15.0. The van der Waals surface area contributed by atoms with Crippen molar-refractivity contribution < 1.29 is 9.31 Å². The maximum atomic E-state index is 6.39. The lowest BCUT2D eigenvalue weighted by atomic mass is 9.77. The number of pyridine rings is 1. The van der Waals surface area contributed by atoms with Crippen LogP contribution in [-0.4, -0.2) is 27.9 Å². The minimum absolute atomic E-state index is 0.384. The van der Waals surface area contributed by atoms with Crippen LogP contribution in [0, 0.1) is 0 Å². The van der Waals surface area contributed by atoms with Crippen molar-refractivity contribution in [2.24, 2.45) is 0 Å². The van der Waals surface area contributed by atoms with Crippen LogP contribution in [0.2, 0.25) is 0 Å². The molecule has 1 aliphatic heterocycles. The summed E-state index contributed by atoms with van der Waals surface area (Å²) in [6, 6.07) is 18.9. The molecular weight excluding hydrogens is 347 g/mol. The highest BCUT2D eigenvalue weighted by atomic mass is 16.7. The molecule has 0 N–H and O–H groups in total. The van der Waals surface area contributed by atoms with Gasteiger partial charge in [0.2, 0.25) is 0 Å². The van der Waals surface area contributed by atoms with E-state index >= 15 is 0 Å². The van der Waals surface area contributed by atoms with Crippen LogP contribution in [0.1, 0.15) is 27.7 Å². The van der Waals surface area contributed by atoms with E-state index in [0.717, 1.165) is 22.2 Å². The number of nitrogens with zero attached hydrogens (tertiary/aromatic N) is 2. The van der Waals surface area contributed by atoms with Gasteiger partial charge in [-0.1, -0.05) is 36.4 Å². The van der Waals surface area contributed by atoms with Gasteiger partial charge in [0.05, 0.1) is 34.1 Å². The number of aromatic nitrogens is 2. The molecule has 4 aromatic rings. The molecule has 5 heteroatoms. The average molecular weight is 370 g/mol. The van der Waals surface area contributed by atoms with E-state index in [9.17, 15) is 0 Å². The van der Waals surface area contributed by atoms with Gasteiger partial charge in [-0.15, -0.1) is 0 Å². The van der Waals surface area contributed by atoms with E-state index in [2.05, 4.69) is 85.8 Å². The molecule has 1 aliphatic rings. The maximum Gasteiger partial charge on any atom is 0.497 e. The highest BCUT2D eigenvalue weighted by Crippen LogP contribution is 2.38. The molecule has 0 bridgehead atoms. The molecule has 0 radical (unpaired) electrons. The molecule has 1 fully saturated rings. The van der Waals surface area contributed by atoms with Crippen molar-refractivity contribution in [2.45, 2.75) is 38.9 Å². The Labute approximate surface area is 165 Å². The lowest BCUT2D eigenvalue weighted by Crippen LogP contribution is -2.41. The first-order valence-electron chi connectivity index (χ1n) is 9.67. The number of hydrogen-bond donors (Lipinski definition) is 0. The van der Waals surface area contributed by atoms with Gasteiger partial charge >= 0.3 is 7.12 Å². The van der Waals surface area contributed by atoms with Gasteiger partial charge in [-0.3, -0.25) is 4.98 Å². The first-order chi connectivity index (χ1) is 13.4. The maximum absolute atomic E-state index is 6.39. The minimum Gasteiger partial charge on any atom is -0.399 e. The molecule has 3 heterocycles. The van der Waals surface area contributed by atoms with Crippen molar-refractivity contribution in [1.82, 2.24) is 9.55 Å². The van der Waals surface area contributed by atoms with E-state index in [-0.39, 0.29) is 11.2 Å². The summed E-state index contributed by atoms with van der Waals surface area (Å²) >= 11 is 0. The molecule has 0 aliphatic carbocycles. The van der Waals surface area contributed by atoms with Gasteiger partial charge in [-0.2, -0.15) is 0 Å². The van der Waals surface area contributed by atoms with Gasteiger partial charge in [0.1, 0.15) is 0 Å². The van der Waals surface area contributed by atoms with Crippen LogP contribution in [-0.2, 0) is 9.31 Å². The zero-order chi connectivity index (χ0) is 19.5. The first-order valence-corrected chi connectivity index (χ1v) is 9.67. The van der Waals surface area contributed by atoms with Crippen molar-refractivity contribution in [3.8, 4) is 5.69 Å². The second-order valence-electron chi connectivity index (χ2n) is 8.40. The van der Waals surface area contributed by atoms with Crippen LogP contribution < -0.4 is 5.46 Å². The molecule has 0 spiro atoms. The number of para-hydroxylation sites is 2. The van der Waals surface area contributed by atoms with Crippen molar-refractivity contribution in [3.63, 3.8) is 0 Å². The molecule has 2 aromatic heterocycles. The fourth-order valence-electron chi connectivity index (χ4n) is 3.96. The summed E-state index contributed by atoms with van der Waals surface area (Å²) in [7, 11) is -0.423. The van der Waals surface area contributed by atoms with Gasteiger partial charge in [0, 0.05) is 22.4 Å². The van der Waals surface area contributed by atoms with Crippen molar-refractivity contribution in [1.29, 1.82) is 0 Å². The second-order valence-corrected chi connectivity index (χ2v) is 8.40. The number of fused-ring (bicyclic) bond motifs is 3. The van der Waals surface area contributed by atoms with E-state index in [1.165, 1.54) is 10.8 Å². The Morgan fingerprint density at radius 3 is 2.25 bits per heavy atom. The molecule has 0 amide bonds. The van der Waals surface area contributed by atoms with Gasteiger partial charge in [0.15, 0.2) is 0 Å². The van der Waals surface area contributed by atoms with Crippen LogP contribution in [0.25, 0.3) is 27.5 Å². The first kappa shape index (κ1) is 17.5.